The first-order chi connectivity index (χ1) is 41.1. The minimum absolute atomic E-state index is 0.237. The van der Waals surface area contributed by atoms with Gasteiger partial charge in [-0.25, -0.2) is 0 Å². The van der Waals surface area contributed by atoms with Gasteiger partial charge in [-0.05, 0) is 19.3 Å². The zero-order chi connectivity index (χ0) is 62.9. The maximum absolute atomic E-state index is 13.0. The summed E-state index contributed by atoms with van der Waals surface area (Å²) >= 11 is 0. The first-order valence-corrected chi connectivity index (χ1v) is 34.7. The lowest BCUT2D eigenvalue weighted by atomic mass is 9.98. The lowest BCUT2D eigenvalue weighted by Gasteiger charge is -2.40. The second-order valence-corrected chi connectivity index (χ2v) is 25.1. The highest BCUT2D eigenvalue weighted by atomic mass is 16.7. The molecule has 2 saturated heterocycles. The Balaban J connectivity index is 0.000000939. The third-order valence-electron chi connectivity index (χ3n) is 17.3. The number of amides is 1. The first-order valence-electron chi connectivity index (χ1n) is 34.7. The molecule has 2 rings (SSSR count). The fourth-order valence-corrected chi connectivity index (χ4v) is 11.4. The maximum Gasteiger partial charge on any atom is 0.220 e. The van der Waals surface area contributed by atoms with Crippen molar-refractivity contribution in [3.05, 3.63) is 0 Å². The molecule has 16 atom stereocenters. The van der Waals surface area contributed by atoms with E-state index >= 15 is 0 Å². The number of aliphatic hydroxyl groups is 12. The summed E-state index contributed by atoms with van der Waals surface area (Å²) in [6, 6.07) is -1.91. The number of hydrogen-bond donors (Lipinski definition) is 14. The third-order valence-corrected chi connectivity index (χ3v) is 17.3. The largest absolute Gasteiger partial charge is 0.394 e. The number of aliphatic hydroxyl groups excluding tert-OH is 12. The molecule has 0 aromatic heterocycles. The Labute approximate surface area is 514 Å². The van der Waals surface area contributed by atoms with Gasteiger partial charge in [0.15, 0.2) is 12.6 Å². The van der Waals surface area contributed by atoms with Gasteiger partial charge in [-0.2, -0.15) is 0 Å². The Morgan fingerprint density at radius 1 is 0.400 bits per heavy atom. The quantitative estimate of drug-likeness (QED) is 0.0255. The average molecular weight is 1230 g/mol. The summed E-state index contributed by atoms with van der Waals surface area (Å²) in [6.07, 6.45) is 29.9. The van der Waals surface area contributed by atoms with E-state index in [9.17, 15) is 66.1 Å². The van der Waals surface area contributed by atoms with Crippen molar-refractivity contribution >= 4 is 5.91 Å². The van der Waals surface area contributed by atoms with Gasteiger partial charge in [0.2, 0.25) is 5.91 Å². The Morgan fingerprint density at radius 2 is 0.682 bits per heavy atom. The van der Waals surface area contributed by atoms with Gasteiger partial charge in [0.25, 0.3) is 0 Å². The monoisotopic (exact) mass is 1220 g/mol. The minimum atomic E-state index is -1.60. The van der Waals surface area contributed by atoms with Crippen molar-refractivity contribution in [2.75, 3.05) is 26.4 Å². The number of rotatable bonds is 55. The Hall–Kier alpha value is -1.21. The van der Waals surface area contributed by atoms with Gasteiger partial charge in [0.1, 0.15) is 54.9 Å². The van der Waals surface area contributed by atoms with Gasteiger partial charge < -0.3 is 91.3 Å². The highest BCUT2D eigenvalue weighted by Gasteiger charge is 2.46. The van der Waals surface area contributed by atoms with Crippen LogP contribution in [-0.4, -0.2) is 192 Å². The molecule has 2 aliphatic rings. The van der Waals surface area contributed by atoms with E-state index in [0.717, 1.165) is 64.2 Å². The summed E-state index contributed by atoms with van der Waals surface area (Å²) in [5.41, 5.74) is 5.91. The molecule has 0 radical (unpaired) electrons. The van der Waals surface area contributed by atoms with Crippen LogP contribution in [0.4, 0.5) is 0 Å². The summed E-state index contributed by atoms with van der Waals surface area (Å²) < 4.78 is 21.7. The van der Waals surface area contributed by atoms with Gasteiger partial charge >= 0.3 is 0 Å². The van der Waals surface area contributed by atoms with Crippen molar-refractivity contribution in [2.45, 2.75) is 388 Å². The van der Waals surface area contributed by atoms with Crippen LogP contribution in [0.1, 0.15) is 290 Å². The van der Waals surface area contributed by atoms with Crippen LogP contribution in [0, 0.1) is 0 Å². The lowest BCUT2D eigenvalue weighted by molar-refractivity contribution is -0.303. The van der Waals surface area contributed by atoms with Crippen molar-refractivity contribution in [3.63, 3.8) is 0 Å². The zero-order valence-electron chi connectivity index (χ0n) is 53.7. The van der Waals surface area contributed by atoms with Crippen molar-refractivity contribution in [2.24, 2.45) is 5.73 Å². The summed E-state index contributed by atoms with van der Waals surface area (Å²) in [4.78, 5) is 13.0. The van der Waals surface area contributed by atoms with Crippen LogP contribution >= 0.6 is 0 Å². The SMILES string of the molecule is CCCCCCCCCCCCCCCCCC(=O)N[C@@H](CO[C@H]1OC(CO)[C@H](O)[C@H](O)C1O)[C@H](O)[C@H](O)CCCCCCCCCCCCCC.CCCCCCCCCCCCCC[C@@H](O)[C@@H](O)[C@@H](N)CO[C@H]1OC(CO)[C@H](O)[C@H](O)C1O. The summed E-state index contributed by atoms with van der Waals surface area (Å²) in [5, 5.41) is 124. The Bertz CT molecular complexity index is 1480. The molecule has 0 bridgehead atoms. The standard InChI is InChI=1S/C42H83NO9.C24H49NO8/c1-3-5-7-9-11-13-15-17-18-19-21-23-25-27-29-31-37(46)43-34(33-51-42-41(50)40(49)39(48)36(32-44)52-42)38(47)35(45)30-28-26-24-22-20-16-14-12-10-8-6-4-2;1-2-3-4-5-6-7-8-9-10-11-12-13-14-18(27)20(28)17(25)16-32-24-23(31)22(30)21(29)19(15-26)33-24/h34-36,38-42,44-45,47-50H,3-33H2,1-2H3,(H,43,46);17-24,26-31H,2-16,25H2,1H3/t34-,35+,36?,38-,39-,40-,41?,42-;17-,18+,19?,20-,21-,22-,23?,24-/m00/s1. The van der Waals surface area contributed by atoms with Gasteiger partial charge in [0, 0.05) is 6.42 Å². The molecule has 0 aromatic carbocycles. The van der Waals surface area contributed by atoms with Gasteiger partial charge in [-0.15, -0.1) is 0 Å². The molecule has 1 amide bonds. The van der Waals surface area contributed by atoms with Crippen LogP contribution in [0.2, 0.25) is 0 Å². The predicted molar refractivity (Wildman–Crippen MR) is 334 cm³/mol. The molecular formula is C66H132N2O17. The van der Waals surface area contributed by atoms with E-state index in [-0.39, 0.29) is 25.5 Å². The molecule has 4 unspecified atom stereocenters. The molecule has 2 heterocycles. The number of nitrogens with one attached hydrogen (secondary N) is 1. The van der Waals surface area contributed by atoms with Crippen LogP contribution in [0.15, 0.2) is 0 Å². The van der Waals surface area contributed by atoms with Gasteiger partial charge in [-0.1, -0.05) is 265 Å². The van der Waals surface area contributed by atoms with Gasteiger partial charge in [-0.3, -0.25) is 4.79 Å². The summed E-state index contributed by atoms with van der Waals surface area (Å²) in [7, 11) is 0. The van der Waals surface area contributed by atoms with Crippen molar-refractivity contribution in [1.82, 2.24) is 5.32 Å². The number of nitrogens with two attached hydrogens (primary N) is 1. The van der Waals surface area contributed by atoms with Crippen molar-refractivity contribution < 1.29 is 85.0 Å². The normalized spacial score (nSPS) is 24.8. The minimum Gasteiger partial charge on any atom is -0.394 e. The lowest BCUT2D eigenvalue weighted by Crippen LogP contribution is -2.60. The summed E-state index contributed by atoms with van der Waals surface area (Å²) in [6.45, 7) is 5.04. The number of hydrogen-bond acceptors (Lipinski definition) is 18. The second kappa shape index (κ2) is 54.5. The maximum atomic E-state index is 13.0. The molecule has 0 aromatic rings. The van der Waals surface area contributed by atoms with E-state index in [1.54, 1.807) is 0 Å². The second-order valence-electron chi connectivity index (χ2n) is 25.1. The Morgan fingerprint density at radius 3 is 1.00 bits per heavy atom. The van der Waals surface area contributed by atoms with Crippen LogP contribution in [0.3, 0.4) is 0 Å². The highest BCUT2D eigenvalue weighted by Crippen LogP contribution is 2.25. The molecule has 0 aliphatic carbocycles. The molecule has 15 N–H and O–H groups in total. The average Bonchev–Trinajstić information content (AvgIpc) is 3.35. The molecule has 19 nitrogen and oxygen atoms in total. The number of carbonyl (C=O) groups is 1. The molecule has 0 spiro atoms. The van der Waals surface area contributed by atoms with Crippen LogP contribution in [0.5, 0.6) is 0 Å². The smallest absolute Gasteiger partial charge is 0.220 e. The van der Waals surface area contributed by atoms with E-state index < -0.39 is 111 Å². The van der Waals surface area contributed by atoms with Crippen LogP contribution in [-0.2, 0) is 23.7 Å². The molecule has 0 saturated carbocycles. The van der Waals surface area contributed by atoms with E-state index in [0.29, 0.717) is 12.8 Å². The fourth-order valence-electron chi connectivity index (χ4n) is 11.4. The molecule has 85 heavy (non-hydrogen) atoms. The van der Waals surface area contributed by atoms with Gasteiger partial charge in [0.05, 0.1) is 56.8 Å². The Kier molecular flexibility index (Phi) is 52.5. The third kappa shape index (κ3) is 38.9. The fraction of sp³-hybridized carbons (Fsp3) is 0.985. The number of unbranched alkanes of at least 4 members (excludes halogenated alkanes) is 36. The highest BCUT2D eigenvalue weighted by molar-refractivity contribution is 5.76. The topological polar surface area (TPSA) is 335 Å². The van der Waals surface area contributed by atoms with Crippen molar-refractivity contribution in [1.29, 1.82) is 0 Å². The van der Waals surface area contributed by atoms with Crippen LogP contribution < -0.4 is 11.1 Å². The molecule has 2 fully saturated rings. The predicted octanol–water partition coefficient (Wildman–Crippen LogP) is 8.31. The molecular weight excluding hydrogens is 1090 g/mol. The van der Waals surface area contributed by atoms with E-state index in [4.69, 9.17) is 24.7 Å². The molecule has 19 heteroatoms. The van der Waals surface area contributed by atoms with E-state index in [1.807, 2.05) is 0 Å². The first kappa shape index (κ1) is 81.8. The number of carbonyl (C=O) groups excluding carboxylic acids is 1. The zero-order valence-corrected chi connectivity index (χ0v) is 53.7. The molecule has 2 aliphatic heterocycles. The molecule has 508 valence electrons. The summed E-state index contributed by atoms with van der Waals surface area (Å²) in [5.74, 6) is -0.256. The number of ether oxygens (including phenoxy) is 4. The van der Waals surface area contributed by atoms with Crippen LogP contribution in [0.25, 0.3) is 0 Å². The van der Waals surface area contributed by atoms with Crippen molar-refractivity contribution in [3.8, 4) is 0 Å². The van der Waals surface area contributed by atoms with E-state index in [1.165, 1.54) is 186 Å². The van der Waals surface area contributed by atoms with E-state index in [2.05, 4.69) is 26.1 Å².